The van der Waals surface area contributed by atoms with Crippen molar-refractivity contribution in [3.63, 3.8) is 0 Å². The van der Waals surface area contributed by atoms with Crippen LogP contribution >= 0.6 is 11.8 Å². The first kappa shape index (κ1) is 22.2. The summed E-state index contributed by atoms with van der Waals surface area (Å²) in [5.74, 6) is 0.628. The maximum Gasteiger partial charge on any atom is 0.224 e. The van der Waals surface area contributed by atoms with Crippen molar-refractivity contribution < 1.29 is 4.79 Å². The number of benzene rings is 2. The molecule has 1 N–H and O–H groups in total. The molecule has 0 aliphatic carbocycles. The molecule has 2 aliphatic rings. The molecule has 2 aromatic carbocycles. The van der Waals surface area contributed by atoms with E-state index < -0.39 is 0 Å². The Kier molecular flexibility index (Phi) is 7.24. The van der Waals surface area contributed by atoms with Crippen LogP contribution in [0.25, 0.3) is 0 Å². The highest BCUT2D eigenvalue weighted by molar-refractivity contribution is 7.99. The maximum atomic E-state index is 12.5. The molecule has 4 rings (SSSR count). The Morgan fingerprint density at radius 2 is 1.81 bits per heavy atom. The number of amides is 1. The van der Waals surface area contributed by atoms with E-state index in [1.807, 2.05) is 11.8 Å². The zero-order chi connectivity index (χ0) is 21.8. The summed E-state index contributed by atoms with van der Waals surface area (Å²) in [6.07, 6.45) is 4.14. The smallest absolute Gasteiger partial charge is 0.224 e. The van der Waals surface area contributed by atoms with Gasteiger partial charge >= 0.3 is 0 Å². The van der Waals surface area contributed by atoms with Crippen molar-refractivity contribution in [2.24, 2.45) is 5.92 Å². The summed E-state index contributed by atoms with van der Waals surface area (Å²) in [4.78, 5) is 20.2. The third-order valence-electron chi connectivity index (χ3n) is 6.50. The standard InChI is InChI=1S/C26H35N3OS/c1-4-19(2)17-27-26(30)16-21-11-12-25-23(15-21)29(20(3)18-28-13-7-8-14-28)22-9-5-6-10-24(22)31-25/h5-6,9-12,15,19-20H,4,7-8,13-14,16-18H2,1-3H3,(H,27,30). The lowest BCUT2D eigenvalue weighted by molar-refractivity contribution is -0.120. The molecule has 0 aromatic heterocycles. The number of hydrogen-bond acceptors (Lipinski definition) is 4. The molecule has 1 amide bonds. The van der Waals surface area contributed by atoms with Gasteiger partial charge in [0.25, 0.3) is 0 Å². The van der Waals surface area contributed by atoms with Gasteiger partial charge in [-0.1, -0.05) is 50.2 Å². The number of nitrogens with zero attached hydrogens (tertiary/aromatic N) is 2. The van der Waals surface area contributed by atoms with Gasteiger partial charge in [0, 0.05) is 28.9 Å². The van der Waals surface area contributed by atoms with Crippen molar-refractivity contribution in [3.8, 4) is 0 Å². The summed E-state index contributed by atoms with van der Waals surface area (Å²) in [6, 6.07) is 15.6. The Morgan fingerprint density at radius 3 is 2.58 bits per heavy atom. The second-order valence-electron chi connectivity index (χ2n) is 9.09. The average molecular weight is 438 g/mol. The molecule has 0 saturated carbocycles. The Bertz CT molecular complexity index is 909. The van der Waals surface area contributed by atoms with E-state index in [4.69, 9.17) is 0 Å². The normalized spacial score (nSPS) is 17.7. The van der Waals surface area contributed by atoms with Gasteiger partial charge in [-0.3, -0.25) is 4.79 Å². The second-order valence-corrected chi connectivity index (χ2v) is 10.2. The highest BCUT2D eigenvalue weighted by Gasteiger charge is 2.29. The molecule has 2 aromatic rings. The van der Waals surface area contributed by atoms with Crippen LogP contribution in [0.5, 0.6) is 0 Å². The van der Waals surface area contributed by atoms with Crippen LogP contribution in [-0.2, 0) is 11.2 Å². The molecule has 5 heteroatoms. The summed E-state index contributed by atoms with van der Waals surface area (Å²) < 4.78 is 0. The van der Waals surface area contributed by atoms with Gasteiger partial charge in [0.15, 0.2) is 0 Å². The molecule has 0 spiro atoms. The number of fused-ring (bicyclic) bond motifs is 2. The van der Waals surface area contributed by atoms with Crippen LogP contribution in [0.15, 0.2) is 52.3 Å². The molecule has 0 radical (unpaired) electrons. The topological polar surface area (TPSA) is 35.6 Å². The third kappa shape index (κ3) is 5.27. The van der Waals surface area contributed by atoms with Gasteiger partial charge < -0.3 is 15.1 Å². The van der Waals surface area contributed by atoms with Crippen molar-refractivity contribution in [2.75, 3.05) is 31.1 Å². The van der Waals surface area contributed by atoms with E-state index in [2.05, 4.69) is 78.4 Å². The van der Waals surface area contributed by atoms with Crippen LogP contribution in [0, 0.1) is 5.92 Å². The number of likely N-dealkylation sites (tertiary alicyclic amines) is 1. The molecule has 1 saturated heterocycles. The number of para-hydroxylation sites is 1. The SMILES string of the molecule is CCC(C)CNC(=O)Cc1ccc2c(c1)N(C(C)CN1CCCC1)c1ccccc1S2. The molecule has 2 unspecified atom stereocenters. The van der Waals surface area contributed by atoms with E-state index in [1.54, 1.807) is 0 Å². The van der Waals surface area contributed by atoms with Gasteiger partial charge in [0.1, 0.15) is 0 Å². The van der Waals surface area contributed by atoms with Gasteiger partial charge in [0.2, 0.25) is 5.91 Å². The summed E-state index contributed by atoms with van der Waals surface area (Å²) in [5, 5.41) is 3.10. The number of nitrogens with one attached hydrogen (secondary N) is 1. The Labute approximate surface area is 191 Å². The molecular formula is C26H35N3OS. The molecule has 31 heavy (non-hydrogen) atoms. The first-order valence-corrected chi connectivity index (χ1v) is 12.5. The zero-order valence-corrected chi connectivity index (χ0v) is 19.9. The first-order chi connectivity index (χ1) is 15.0. The molecule has 2 atom stereocenters. The number of anilines is 2. The lowest BCUT2D eigenvalue weighted by Crippen LogP contribution is -2.40. The van der Waals surface area contributed by atoms with Crippen LogP contribution < -0.4 is 10.2 Å². The van der Waals surface area contributed by atoms with E-state index in [0.717, 1.165) is 25.1 Å². The third-order valence-corrected chi connectivity index (χ3v) is 7.63. The Morgan fingerprint density at radius 1 is 1.06 bits per heavy atom. The van der Waals surface area contributed by atoms with Gasteiger partial charge in [-0.25, -0.2) is 0 Å². The van der Waals surface area contributed by atoms with E-state index in [-0.39, 0.29) is 5.91 Å². The van der Waals surface area contributed by atoms with E-state index >= 15 is 0 Å². The largest absolute Gasteiger partial charge is 0.356 e. The molecular weight excluding hydrogens is 402 g/mol. The fourth-order valence-corrected chi connectivity index (χ4v) is 5.57. The maximum absolute atomic E-state index is 12.5. The molecule has 166 valence electrons. The monoisotopic (exact) mass is 437 g/mol. The van der Waals surface area contributed by atoms with Crippen LogP contribution in [0.1, 0.15) is 45.6 Å². The van der Waals surface area contributed by atoms with Crippen molar-refractivity contribution in [2.45, 2.75) is 62.3 Å². The number of hydrogen-bond donors (Lipinski definition) is 1. The van der Waals surface area contributed by atoms with Crippen molar-refractivity contribution >= 4 is 29.0 Å². The summed E-state index contributed by atoms with van der Waals surface area (Å²) >= 11 is 1.84. The summed E-state index contributed by atoms with van der Waals surface area (Å²) in [6.45, 7) is 10.9. The minimum absolute atomic E-state index is 0.112. The van der Waals surface area contributed by atoms with E-state index in [9.17, 15) is 4.79 Å². The zero-order valence-electron chi connectivity index (χ0n) is 19.1. The number of carbonyl (C=O) groups excluding carboxylic acids is 1. The molecule has 0 bridgehead atoms. The first-order valence-electron chi connectivity index (χ1n) is 11.7. The summed E-state index contributed by atoms with van der Waals surface area (Å²) in [5.41, 5.74) is 3.60. The Balaban J connectivity index is 1.57. The highest BCUT2D eigenvalue weighted by Crippen LogP contribution is 2.49. The average Bonchev–Trinajstić information content (AvgIpc) is 3.28. The molecule has 4 nitrogen and oxygen atoms in total. The van der Waals surface area contributed by atoms with E-state index in [0.29, 0.717) is 18.4 Å². The van der Waals surface area contributed by atoms with E-state index in [1.165, 1.54) is 47.1 Å². The second kappa shape index (κ2) is 10.1. The quantitative estimate of drug-likeness (QED) is 0.593. The van der Waals surface area contributed by atoms with Crippen LogP contribution in [-0.4, -0.2) is 43.0 Å². The van der Waals surface area contributed by atoms with Crippen molar-refractivity contribution in [1.82, 2.24) is 10.2 Å². The van der Waals surface area contributed by atoms with Gasteiger partial charge in [-0.05, 0) is 68.6 Å². The van der Waals surface area contributed by atoms with Crippen molar-refractivity contribution in [1.29, 1.82) is 0 Å². The van der Waals surface area contributed by atoms with Crippen LogP contribution in [0.2, 0.25) is 0 Å². The molecule has 2 aliphatic heterocycles. The highest BCUT2D eigenvalue weighted by atomic mass is 32.2. The van der Waals surface area contributed by atoms with Crippen molar-refractivity contribution in [3.05, 3.63) is 48.0 Å². The molecule has 2 heterocycles. The van der Waals surface area contributed by atoms with Gasteiger partial charge in [-0.2, -0.15) is 0 Å². The Hall–Kier alpha value is -1.98. The van der Waals surface area contributed by atoms with Gasteiger partial charge in [0.05, 0.1) is 17.8 Å². The lowest BCUT2D eigenvalue weighted by atomic mass is 10.1. The number of carbonyl (C=O) groups is 1. The predicted molar refractivity (Wildman–Crippen MR) is 130 cm³/mol. The lowest BCUT2D eigenvalue weighted by Gasteiger charge is -2.39. The molecule has 1 fully saturated rings. The van der Waals surface area contributed by atoms with Crippen LogP contribution in [0.3, 0.4) is 0 Å². The van der Waals surface area contributed by atoms with Crippen LogP contribution in [0.4, 0.5) is 11.4 Å². The fourth-order valence-electron chi connectivity index (χ4n) is 4.51. The fraction of sp³-hybridized carbons (Fsp3) is 0.500. The van der Waals surface area contributed by atoms with Gasteiger partial charge in [-0.15, -0.1) is 0 Å². The minimum atomic E-state index is 0.112. The number of rotatable bonds is 8. The minimum Gasteiger partial charge on any atom is -0.356 e. The predicted octanol–water partition coefficient (Wildman–Crippen LogP) is 5.48. The summed E-state index contributed by atoms with van der Waals surface area (Å²) in [7, 11) is 0.